The lowest BCUT2D eigenvalue weighted by Crippen LogP contribution is -2.24. The second-order valence-electron chi connectivity index (χ2n) is 3.92. The lowest BCUT2D eigenvalue weighted by Gasteiger charge is -2.12. The van der Waals surface area contributed by atoms with Crippen molar-refractivity contribution in [1.29, 1.82) is 0 Å². The maximum Gasteiger partial charge on any atom is 0.142 e. The third-order valence-corrected chi connectivity index (χ3v) is 3.45. The highest BCUT2D eigenvalue weighted by atomic mass is 35.5. The Balaban J connectivity index is 2.28. The SMILES string of the molecule is CNC1(c2c[nH]c3ncnc(Cl)c23)CC1. The molecule has 2 heterocycles. The van der Waals surface area contributed by atoms with Crippen LogP contribution in [-0.2, 0) is 5.54 Å². The second kappa shape index (κ2) is 2.93. The van der Waals surface area contributed by atoms with Gasteiger partial charge in [-0.1, -0.05) is 11.6 Å². The van der Waals surface area contributed by atoms with Gasteiger partial charge in [0.25, 0.3) is 0 Å². The zero-order chi connectivity index (χ0) is 10.5. The monoisotopic (exact) mass is 222 g/mol. The average molecular weight is 223 g/mol. The van der Waals surface area contributed by atoms with Crippen molar-refractivity contribution in [3.05, 3.63) is 23.2 Å². The van der Waals surface area contributed by atoms with Gasteiger partial charge in [0.05, 0.1) is 5.39 Å². The van der Waals surface area contributed by atoms with Gasteiger partial charge >= 0.3 is 0 Å². The van der Waals surface area contributed by atoms with Crippen molar-refractivity contribution in [3.63, 3.8) is 0 Å². The minimum atomic E-state index is 0.0899. The molecule has 1 saturated carbocycles. The number of nitrogens with zero attached hydrogens (tertiary/aromatic N) is 2. The molecule has 0 atom stereocenters. The van der Waals surface area contributed by atoms with Crippen molar-refractivity contribution in [2.24, 2.45) is 0 Å². The summed E-state index contributed by atoms with van der Waals surface area (Å²) in [6, 6.07) is 0. The van der Waals surface area contributed by atoms with E-state index < -0.39 is 0 Å². The Morgan fingerprint density at radius 3 is 2.93 bits per heavy atom. The summed E-state index contributed by atoms with van der Waals surface area (Å²) < 4.78 is 0. The number of fused-ring (bicyclic) bond motifs is 1. The second-order valence-corrected chi connectivity index (χ2v) is 4.28. The van der Waals surface area contributed by atoms with Crippen LogP contribution in [0, 0.1) is 0 Å². The molecule has 0 aromatic carbocycles. The number of H-pyrrole nitrogens is 1. The van der Waals surface area contributed by atoms with Crippen molar-refractivity contribution in [2.75, 3.05) is 7.05 Å². The summed E-state index contributed by atoms with van der Waals surface area (Å²) in [6.07, 6.45) is 5.74. The average Bonchev–Trinajstić information content (AvgIpc) is 2.92. The first kappa shape index (κ1) is 9.12. The van der Waals surface area contributed by atoms with E-state index in [0.717, 1.165) is 23.9 Å². The highest BCUT2D eigenvalue weighted by Gasteiger charge is 2.44. The van der Waals surface area contributed by atoms with Crippen LogP contribution >= 0.6 is 11.6 Å². The third kappa shape index (κ3) is 1.18. The van der Waals surface area contributed by atoms with E-state index in [2.05, 4.69) is 20.3 Å². The molecule has 0 spiro atoms. The van der Waals surface area contributed by atoms with Gasteiger partial charge in [-0.2, -0.15) is 0 Å². The summed E-state index contributed by atoms with van der Waals surface area (Å²) in [6.45, 7) is 0. The molecule has 0 saturated heterocycles. The molecule has 0 aliphatic heterocycles. The third-order valence-electron chi connectivity index (χ3n) is 3.17. The molecule has 0 radical (unpaired) electrons. The maximum atomic E-state index is 6.10. The Hall–Kier alpha value is -1.13. The van der Waals surface area contributed by atoms with E-state index in [1.165, 1.54) is 11.9 Å². The molecule has 1 aliphatic rings. The molecule has 5 heteroatoms. The Labute approximate surface area is 92.1 Å². The minimum Gasteiger partial charge on any atom is -0.346 e. The molecule has 2 aromatic rings. The van der Waals surface area contributed by atoms with Crippen LogP contribution in [0.1, 0.15) is 18.4 Å². The van der Waals surface area contributed by atoms with Crippen LogP contribution in [0.2, 0.25) is 5.15 Å². The minimum absolute atomic E-state index is 0.0899. The fourth-order valence-corrected chi connectivity index (χ4v) is 2.32. The first-order valence-electron chi connectivity index (χ1n) is 4.94. The zero-order valence-corrected chi connectivity index (χ0v) is 9.10. The van der Waals surface area contributed by atoms with Crippen molar-refractivity contribution in [2.45, 2.75) is 18.4 Å². The van der Waals surface area contributed by atoms with Gasteiger partial charge in [-0.05, 0) is 19.9 Å². The number of aromatic nitrogens is 3. The Morgan fingerprint density at radius 2 is 2.27 bits per heavy atom. The quantitative estimate of drug-likeness (QED) is 0.763. The molecule has 4 nitrogen and oxygen atoms in total. The summed E-state index contributed by atoms with van der Waals surface area (Å²) in [7, 11) is 1.98. The van der Waals surface area contributed by atoms with E-state index in [4.69, 9.17) is 11.6 Å². The van der Waals surface area contributed by atoms with Gasteiger partial charge in [0.15, 0.2) is 0 Å². The van der Waals surface area contributed by atoms with Gasteiger partial charge in [0.1, 0.15) is 17.1 Å². The molecule has 1 aliphatic carbocycles. The molecule has 3 rings (SSSR count). The predicted molar refractivity (Wildman–Crippen MR) is 58.9 cm³/mol. The van der Waals surface area contributed by atoms with Gasteiger partial charge in [-0.25, -0.2) is 9.97 Å². The van der Waals surface area contributed by atoms with Crippen molar-refractivity contribution in [1.82, 2.24) is 20.3 Å². The fourth-order valence-electron chi connectivity index (χ4n) is 2.08. The first-order chi connectivity index (χ1) is 7.27. The highest BCUT2D eigenvalue weighted by Crippen LogP contribution is 2.48. The van der Waals surface area contributed by atoms with Crippen molar-refractivity contribution < 1.29 is 0 Å². The molecule has 78 valence electrons. The van der Waals surface area contributed by atoms with Gasteiger partial charge in [0, 0.05) is 17.3 Å². The summed E-state index contributed by atoms with van der Waals surface area (Å²) in [5, 5.41) is 4.82. The van der Waals surface area contributed by atoms with Crippen LogP contribution in [0.4, 0.5) is 0 Å². The summed E-state index contributed by atoms with van der Waals surface area (Å²) >= 11 is 6.10. The molecule has 0 amide bonds. The normalized spacial score (nSPS) is 18.3. The molecule has 1 fully saturated rings. The van der Waals surface area contributed by atoms with E-state index in [0.29, 0.717) is 5.15 Å². The van der Waals surface area contributed by atoms with Crippen LogP contribution in [0.5, 0.6) is 0 Å². The van der Waals surface area contributed by atoms with E-state index in [1.54, 1.807) is 0 Å². The van der Waals surface area contributed by atoms with E-state index in [9.17, 15) is 0 Å². The van der Waals surface area contributed by atoms with E-state index >= 15 is 0 Å². The smallest absolute Gasteiger partial charge is 0.142 e. The number of hydrogen-bond donors (Lipinski definition) is 2. The molecule has 2 N–H and O–H groups in total. The molecule has 0 unspecified atom stereocenters. The zero-order valence-electron chi connectivity index (χ0n) is 8.34. The Kier molecular flexibility index (Phi) is 1.78. The van der Waals surface area contributed by atoms with Crippen LogP contribution in [-0.4, -0.2) is 22.0 Å². The molecule has 2 aromatic heterocycles. The van der Waals surface area contributed by atoms with Gasteiger partial charge in [-0.15, -0.1) is 0 Å². The van der Waals surface area contributed by atoms with E-state index in [1.807, 2.05) is 13.2 Å². The summed E-state index contributed by atoms with van der Waals surface area (Å²) in [5.74, 6) is 0. The van der Waals surface area contributed by atoms with Gasteiger partial charge in [0.2, 0.25) is 0 Å². The fraction of sp³-hybridized carbons (Fsp3) is 0.400. The molecular weight excluding hydrogens is 212 g/mol. The maximum absolute atomic E-state index is 6.10. The standard InChI is InChI=1S/C10H11ClN4/c1-12-10(2-3-10)6-4-13-9-7(6)8(11)14-5-15-9/h4-5,12H,2-3H2,1H3,(H,13,14,15). The van der Waals surface area contributed by atoms with E-state index in [-0.39, 0.29) is 5.54 Å². The number of halogens is 1. The van der Waals surface area contributed by atoms with Crippen molar-refractivity contribution in [3.8, 4) is 0 Å². The summed E-state index contributed by atoms with van der Waals surface area (Å²) in [5.41, 5.74) is 2.09. The number of rotatable bonds is 2. The summed E-state index contributed by atoms with van der Waals surface area (Å²) in [4.78, 5) is 11.3. The predicted octanol–water partition coefficient (Wildman–Crippen LogP) is 1.82. The van der Waals surface area contributed by atoms with Crippen LogP contribution in [0.3, 0.4) is 0 Å². The lowest BCUT2D eigenvalue weighted by atomic mass is 10.1. The van der Waals surface area contributed by atoms with Gasteiger partial charge < -0.3 is 10.3 Å². The molecule has 15 heavy (non-hydrogen) atoms. The number of nitrogens with one attached hydrogen (secondary N) is 2. The van der Waals surface area contributed by atoms with Crippen LogP contribution < -0.4 is 5.32 Å². The number of hydrogen-bond acceptors (Lipinski definition) is 3. The highest BCUT2D eigenvalue weighted by molar-refractivity contribution is 6.34. The molecule has 0 bridgehead atoms. The topological polar surface area (TPSA) is 53.6 Å². The first-order valence-corrected chi connectivity index (χ1v) is 5.32. The Bertz CT molecular complexity index is 515. The molecular formula is C10H11ClN4. The Morgan fingerprint density at radius 1 is 1.47 bits per heavy atom. The van der Waals surface area contributed by atoms with Crippen LogP contribution in [0.25, 0.3) is 11.0 Å². The largest absolute Gasteiger partial charge is 0.346 e. The van der Waals surface area contributed by atoms with Crippen molar-refractivity contribution >= 4 is 22.6 Å². The number of aromatic amines is 1. The van der Waals surface area contributed by atoms with Crippen LogP contribution in [0.15, 0.2) is 12.5 Å². The lowest BCUT2D eigenvalue weighted by molar-refractivity contribution is 0.590. The van der Waals surface area contributed by atoms with Gasteiger partial charge in [-0.3, -0.25) is 0 Å².